The Kier molecular flexibility index (Phi) is 3.40. The van der Waals surface area contributed by atoms with Crippen LogP contribution in [0.5, 0.6) is 11.5 Å². The molecule has 0 aliphatic rings. The van der Waals surface area contributed by atoms with Gasteiger partial charge in [-0.25, -0.2) is 0 Å². The first-order valence-electron chi connectivity index (χ1n) is 4.99. The Morgan fingerprint density at radius 2 is 2.12 bits per heavy atom. The number of nitriles is 1. The van der Waals surface area contributed by atoms with Crippen molar-refractivity contribution < 1.29 is 4.74 Å². The van der Waals surface area contributed by atoms with Gasteiger partial charge in [0.05, 0.1) is 22.3 Å². The summed E-state index contributed by atoms with van der Waals surface area (Å²) in [5.74, 6) is 1.33. The zero-order valence-electron chi connectivity index (χ0n) is 9.14. The molecule has 2 aromatic rings. The molecule has 0 aliphatic carbocycles. The highest BCUT2D eigenvalue weighted by molar-refractivity contribution is 9.10. The molecule has 0 bridgehead atoms. The van der Waals surface area contributed by atoms with E-state index < -0.39 is 0 Å². The smallest absolute Gasteiger partial charge is 0.145 e. The first-order valence-corrected chi connectivity index (χ1v) is 5.78. The summed E-state index contributed by atoms with van der Waals surface area (Å²) in [4.78, 5) is 4.15. The Morgan fingerprint density at radius 3 is 2.71 bits per heavy atom. The predicted molar refractivity (Wildman–Crippen MR) is 67.9 cm³/mol. The van der Waals surface area contributed by atoms with Gasteiger partial charge in [0.15, 0.2) is 0 Å². The molecular weight excluding hydrogens is 280 g/mol. The summed E-state index contributed by atoms with van der Waals surface area (Å²) in [5.41, 5.74) is 1.53. The Labute approximate surface area is 108 Å². The minimum Gasteiger partial charge on any atom is -0.455 e. The molecule has 2 rings (SSSR count). The molecule has 0 atom stereocenters. The third-order valence-electron chi connectivity index (χ3n) is 2.17. The lowest BCUT2D eigenvalue weighted by Crippen LogP contribution is -1.88. The highest BCUT2D eigenvalue weighted by atomic mass is 79.9. The van der Waals surface area contributed by atoms with Gasteiger partial charge in [0, 0.05) is 5.69 Å². The molecule has 1 aromatic heterocycles. The third-order valence-corrected chi connectivity index (χ3v) is 2.79. The topological polar surface area (TPSA) is 45.9 Å². The summed E-state index contributed by atoms with van der Waals surface area (Å²) >= 11 is 3.36. The number of rotatable bonds is 2. The van der Waals surface area contributed by atoms with Crippen molar-refractivity contribution in [2.45, 2.75) is 6.92 Å². The van der Waals surface area contributed by atoms with Crippen molar-refractivity contribution in [3.63, 3.8) is 0 Å². The highest BCUT2D eigenvalue weighted by Crippen LogP contribution is 2.29. The molecule has 0 amide bonds. The van der Waals surface area contributed by atoms with Crippen molar-refractivity contribution in [3.8, 4) is 17.6 Å². The summed E-state index contributed by atoms with van der Waals surface area (Å²) < 4.78 is 6.39. The van der Waals surface area contributed by atoms with E-state index in [1.54, 1.807) is 24.4 Å². The van der Waals surface area contributed by atoms with Crippen LogP contribution < -0.4 is 4.74 Å². The number of hydrogen-bond acceptors (Lipinski definition) is 3. The second-order valence-electron chi connectivity index (χ2n) is 3.49. The van der Waals surface area contributed by atoms with Crippen LogP contribution in [-0.4, -0.2) is 4.98 Å². The van der Waals surface area contributed by atoms with Gasteiger partial charge in [0.1, 0.15) is 11.5 Å². The highest BCUT2D eigenvalue weighted by Gasteiger charge is 2.04. The van der Waals surface area contributed by atoms with Gasteiger partial charge in [-0.1, -0.05) is 0 Å². The molecule has 0 spiro atoms. The van der Waals surface area contributed by atoms with E-state index in [4.69, 9.17) is 10.00 Å². The van der Waals surface area contributed by atoms with Crippen LogP contribution in [0.25, 0.3) is 0 Å². The molecule has 0 saturated carbocycles. The minimum absolute atomic E-state index is 0.589. The van der Waals surface area contributed by atoms with E-state index in [0.29, 0.717) is 17.1 Å². The van der Waals surface area contributed by atoms with E-state index in [1.807, 2.05) is 19.1 Å². The molecule has 4 heteroatoms. The summed E-state index contributed by atoms with van der Waals surface area (Å²) in [6, 6.07) is 11.0. The Morgan fingerprint density at radius 1 is 1.29 bits per heavy atom. The van der Waals surface area contributed by atoms with Crippen molar-refractivity contribution in [1.29, 1.82) is 5.26 Å². The molecule has 1 aromatic carbocycles. The Hall–Kier alpha value is -1.86. The lowest BCUT2D eigenvalue weighted by Gasteiger charge is -2.07. The molecule has 17 heavy (non-hydrogen) atoms. The van der Waals surface area contributed by atoms with E-state index in [9.17, 15) is 0 Å². The zero-order chi connectivity index (χ0) is 12.3. The zero-order valence-corrected chi connectivity index (χ0v) is 10.7. The van der Waals surface area contributed by atoms with Gasteiger partial charge in [-0.05, 0) is 53.2 Å². The molecule has 84 valence electrons. The lowest BCUT2D eigenvalue weighted by atomic mass is 10.2. The monoisotopic (exact) mass is 288 g/mol. The first kappa shape index (κ1) is 11.6. The van der Waals surface area contributed by atoms with Crippen molar-refractivity contribution >= 4 is 15.9 Å². The molecule has 1 heterocycles. The molecule has 0 saturated heterocycles. The molecule has 0 radical (unpaired) electrons. The number of benzene rings is 1. The summed E-state index contributed by atoms with van der Waals surface area (Å²) in [6.07, 6.45) is 1.67. The second kappa shape index (κ2) is 4.98. The number of nitrogens with zero attached hydrogens (tertiary/aromatic N) is 2. The van der Waals surface area contributed by atoms with Crippen LogP contribution in [-0.2, 0) is 0 Å². The van der Waals surface area contributed by atoms with Gasteiger partial charge in [-0.15, -0.1) is 0 Å². The van der Waals surface area contributed by atoms with Crippen molar-refractivity contribution in [2.24, 2.45) is 0 Å². The Bertz CT molecular complexity index is 573. The first-order chi connectivity index (χ1) is 8.19. The largest absolute Gasteiger partial charge is 0.455 e. The van der Waals surface area contributed by atoms with Crippen LogP contribution in [0.1, 0.15) is 11.3 Å². The van der Waals surface area contributed by atoms with E-state index in [-0.39, 0.29) is 0 Å². The van der Waals surface area contributed by atoms with Crippen molar-refractivity contribution in [3.05, 3.63) is 52.3 Å². The fourth-order valence-electron chi connectivity index (χ4n) is 1.29. The van der Waals surface area contributed by atoms with Crippen LogP contribution in [0.15, 0.2) is 41.0 Å². The van der Waals surface area contributed by atoms with Crippen LogP contribution in [0, 0.1) is 18.3 Å². The van der Waals surface area contributed by atoms with Crippen molar-refractivity contribution in [2.75, 3.05) is 0 Å². The standard InChI is InChI=1S/C13H9BrN2O/c1-9-2-4-11(8-16-9)17-13-5-3-10(7-15)6-12(13)14/h2-6,8H,1H3. The number of aromatic nitrogens is 1. The molecule has 3 nitrogen and oxygen atoms in total. The number of ether oxygens (including phenoxy) is 1. The minimum atomic E-state index is 0.589. The molecule has 0 unspecified atom stereocenters. The average Bonchev–Trinajstić information content (AvgIpc) is 2.34. The Balaban J connectivity index is 2.25. The second-order valence-corrected chi connectivity index (χ2v) is 4.35. The lowest BCUT2D eigenvalue weighted by molar-refractivity contribution is 0.477. The van der Waals surface area contributed by atoms with Gasteiger partial charge in [-0.2, -0.15) is 5.26 Å². The van der Waals surface area contributed by atoms with Crippen LogP contribution in [0.4, 0.5) is 0 Å². The maximum atomic E-state index is 8.75. The van der Waals surface area contributed by atoms with Crippen LogP contribution >= 0.6 is 15.9 Å². The quantitative estimate of drug-likeness (QED) is 0.844. The van der Waals surface area contributed by atoms with E-state index in [1.165, 1.54) is 0 Å². The molecule has 0 N–H and O–H groups in total. The predicted octanol–water partition coefficient (Wildman–Crippen LogP) is 3.82. The number of pyridine rings is 1. The van der Waals surface area contributed by atoms with E-state index in [2.05, 4.69) is 27.0 Å². The van der Waals surface area contributed by atoms with E-state index >= 15 is 0 Å². The van der Waals surface area contributed by atoms with Gasteiger partial charge in [-0.3, -0.25) is 4.98 Å². The SMILES string of the molecule is Cc1ccc(Oc2ccc(C#N)cc2Br)cn1. The normalized spacial score (nSPS) is 9.71. The van der Waals surface area contributed by atoms with Gasteiger partial charge >= 0.3 is 0 Å². The summed E-state index contributed by atoms with van der Waals surface area (Å²) in [7, 11) is 0. The fraction of sp³-hybridized carbons (Fsp3) is 0.0769. The average molecular weight is 289 g/mol. The third kappa shape index (κ3) is 2.83. The molecule has 0 fully saturated rings. The van der Waals surface area contributed by atoms with Crippen molar-refractivity contribution in [1.82, 2.24) is 4.98 Å². The van der Waals surface area contributed by atoms with Crippen LogP contribution in [0.2, 0.25) is 0 Å². The summed E-state index contributed by atoms with van der Waals surface area (Å²) in [5, 5.41) is 8.75. The fourth-order valence-corrected chi connectivity index (χ4v) is 1.75. The number of hydrogen-bond donors (Lipinski definition) is 0. The summed E-state index contributed by atoms with van der Waals surface area (Å²) in [6.45, 7) is 1.92. The van der Waals surface area contributed by atoms with Gasteiger partial charge in [0.2, 0.25) is 0 Å². The maximum absolute atomic E-state index is 8.75. The number of aryl methyl sites for hydroxylation is 1. The van der Waals surface area contributed by atoms with E-state index in [0.717, 1.165) is 10.2 Å². The van der Waals surface area contributed by atoms with Gasteiger partial charge < -0.3 is 4.74 Å². The molecular formula is C13H9BrN2O. The molecule has 0 aliphatic heterocycles. The van der Waals surface area contributed by atoms with Crippen LogP contribution in [0.3, 0.4) is 0 Å². The number of halogens is 1. The van der Waals surface area contributed by atoms with Gasteiger partial charge in [0.25, 0.3) is 0 Å². The maximum Gasteiger partial charge on any atom is 0.145 e.